The first-order valence-corrected chi connectivity index (χ1v) is 11.5. The van der Waals surface area contributed by atoms with Crippen molar-refractivity contribution >= 4 is 28.8 Å². The number of imide groups is 1. The summed E-state index contributed by atoms with van der Waals surface area (Å²) in [6, 6.07) is 21.8. The summed E-state index contributed by atoms with van der Waals surface area (Å²) >= 11 is 0. The summed E-state index contributed by atoms with van der Waals surface area (Å²) in [5.41, 5.74) is 4.62. The van der Waals surface area contributed by atoms with Gasteiger partial charge in [0.15, 0.2) is 0 Å². The minimum Gasteiger partial charge on any atom is -0.368 e. The summed E-state index contributed by atoms with van der Waals surface area (Å²) in [7, 11) is 0. The van der Waals surface area contributed by atoms with E-state index in [-0.39, 0.29) is 5.69 Å². The zero-order valence-electron chi connectivity index (χ0n) is 19.3. The number of nitrogens with zero attached hydrogens (tertiary/aromatic N) is 3. The van der Waals surface area contributed by atoms with Crippen LogP contribution in [0.1, 0.15) is 16.7 Å². The largest absolute Gasteiger partial charge is 0.368 e. The Morgan fingerprint density at radius 2 is 1.35 bits per heavy atom. The number of hydrogen-bond donors (Lipinski definition) is 0. The Kier molecular flexibility index (Phi) is 5.65. The summed E-state index contributed by atoms with van der Waals surface area (Å²) in [5, 5.41) is 0. The van der Waals surface area contributed by atoms with Gasteiger partial charge in [-0.1, -0.05) is 48.5 Å². The van der Waals surface area contributed by atoms with Crippen molar-refractivity contribution < 1.29 is 14.0 Å². The SMILES string of the molecule is Cc1ccc(C2=C(N3CCN(c4ccccc4)CC3)C(=O)N(c3ccccc3F)C2=O)cc1C. The maximum atomic E-state index is 14.7. The van der Waals surface area contributed by atoms with Gasteiger partial charge in [-0.15, -0.1) is 0 Å². The zero-order valence-corrected chi connectivity index (χ0v) is 19.3. The van der Waals surface area contributed by atoms with E-state index in [4.69, 9.17) is 0 Å². The second-order valence-corrected chi connectivity index (χ2v) is 8.73. The van der Waals surface area contributed by atoms with Gasteiger partial charge >= 0.3 is 0 Å². The molecular weight excluding hydrogens is 429 g/mol. The summed E-state index contributed by atoms with van der Waals surface area (Å²) < 4.78 is 14.7. The van der Waals surface area contributed by atoms with Crippen molar-refractivity contribution in [1.29, 1.82) is 0 Å². The third-order valence-electron chi connectivity index (χ3n) is 6.67. The maximum Gasteiger partial charge on any atom is 0.282 e. The third-order valence-corrected chi connectivity index (χ3v) is 6.67. The fourth-order valence-corrected chi connectivity index (χ4v) is 4.65. The Hall–Kier alpha value is -3.93. The van der Waals surface area contributed by atoms with Crippen molar-refractivity contribution in [3.8, 4) is 0 Å². The molecule has 0 aliphatic carbocycles. The Balaban J connectivity index is 1.54. The highest BCUT2D eigenvalue weighted by Gasteiger charge is 2.44. The van der Waals surface area contributed by atoms with Crippen molar-refractivity contribution in [2.75, 3.05) is 36.0 Å². The second-order valence-electron chi connectivity index (χ2n) is 8.73. The van der Waals surface area contributed by atoms with Crippen molar-refractivity contribution in [2.45, 2.75) is 13.8 Å². The molecular formula is C28H26FN3O2. The molecule has 3 aromatic rings. The van der Waals surface area contributed by atoms with E-state index >= 15 is 0 Å². The van der Waals surface area contributed by atoms with E-state index < -0.39 is 17.6 Å². The number of halogens is 1. The van der Waals surface area contributed by atoms with Gasteiger partial charge < -0.3 is 9.80 Å². The first-order chi connectivity index (χ1) is 16.5. The molecule has 0 aromatic heterocycles. The predicted molar refractivity (Wildman–Crippen MR) is 132 cm³/mol. The van der Waals surface area contributed by atoms with Gasteiger partial charge in [0.05, 0.1) is 11.3 Å². The number of rotatable bonds is 4. The van der Waals surface area contributed by atoms with Gasteiger partial charge in [-0.25, -0.2) is 9.29 Å². The molecule has 2 heterocycles. The molecule has 0 spiro atoms. The molecule has 0 bridgehead atoms. The van der Waals surface area contributed by atoms with Crippen molar-refractivity contribution in [3.63, 3.8) is 0 Å². The number of aryl methyl sites for hydroxylation is 2. The van der Waals surface area contributed by atoms with Crippen molar-refractivity contribution in [1.82, 2.24) is 4.90 Å². The number of hydrogen-bond acceptors (Lipinski definition) is 4. The van der Waals surface area contributed by atoms with E-state index in [2.05, 4.69) is 17.0 Å². The molecule has 1 saturated heterocycles. The van der Waals surface area contributed by atoms with E-state index in [9.17, 15) is 14.0 Å². The molecule has 2 aliphatic rings. The number of benzene rings is 3. The fraction of sp³-hybridized carbons (Fsp3) is 0.214. The molecule has 0 N–H and O–H groups in total. The lowest BCUT2D eigenvalue weighted by atomic mass is 9.99. The van der Waals surface area contributed by atoms with Gasteiger partial charge in [0.25, 0.3) is 11.8 Å². The highest BCUT2D eigenvalue weighted by atomic mass is 19.1. The average Bonchev–Trinajstić information content (AvgIpc) is 3.11. The molecule has 34 heavy (non-hydrogen) atoms. The highest BCUT2D eigenvalue weighted by molar-refractivity contribution is 6.45. The fourth-order valence-electron chi connectivity index (χ4n) is 4.65. The molecule has 0 radical (unpaired) electrons. The first-order valence-electron chi connectivity index (χ1n) is 11.5. The summed E-state index contributed by atoms with van der Waals surface area (Å²) in [6.07, 6.45) is 0. The van der Waals surface area contributed by atoms with Crippen LogP contribution in [-0.2, 0) is 9.59 Å². The maximum absolute atomic E-state index is 14.7. The van der Waals surface area contributed by atoms with Crippen LogP contribution in [0.3, 0.4) is 0 Å². The van der Waals surface area contributed by atoms with Crippen molar-refractivity contribution in [3.05, 3.63) is 101 Å². The van der Waals surface area contributed by atoms with Crippen LogP contribution in [0, 0.1) is 19.7 Å². The standard InChI is InChI=1S/C28H26FN3O2/c1-19-12-13-21(18-20(19)2)25-26(28(34)32(27(25)33)24-11-7-6-10-23(24)29)31-16-14-30(15-17-31)22-8-4-3-5-9-22/h3-13,18H,14-17H2,1-2H3. The number of carbonyl (C=O) groups excluding carboxylic acids is 2. The topological polar surface area (TPSA) is 43.9 Å². The summed E-state index contributed by atoms with van der Waals surface area (Å²) in [4.78, 5) is 32.6. The van der Waals surface area contributed by atoms with Crippen LogP contribution in [0.4, 0.5) is 15.8 Å². The lowest BCUT2D eigenvalue weighted by Crippen LogP contribution is -2.47. The number of carbonyl (C=O) groups is 2. The molecule has 5 nitrogen and oxygen atoms in total. The molecule has 1 fully saturated rings. The third kappa shape index (κ3) is 3.75. The number of anilines is 2. The van der Waals surface area contributed by atoms with Crippen LogP contribution in [0.5, 0.6) is 0 Å². The van der Waals surface area contributed by atoms with E-state index in [1.165, 1.54) is 12.1 Å². The van der Waals surface area contributed by atoms with Crippen LogP contribution in [0.25, 0.3) is 5.57 Å². The predicted octanol–water partition coefficient (Wildman–Crippen LogP) is 4.55. The quantitative estimate of drug-likeness (QED) is 0.542. The van der Waals surface area contributed by atoms with E-state index in [0.717, 1.165) is 34.8 Å². The van der Waals surface area contributed by atoms with Crippen LogP contribution >= 0.6 is 0 Å². The summed E-state index contributed by atoms with van der Waals surface area (Å²) in [5.74, 6) is -1.56. The molecule has 6 heteroatoms. The van der Waals surface area contributed by atoms with Crippen LogP contribution in [0.15, 0.2) is 78.5 Å². The lowest BCUT2D eigenvalue weighted by Gasteiger charge is -2.37. The average molecular weight is 456 g/mol. The van der Waals surface area contributed by atoms with Gasteiger partial charge in [-0.2, -0.15) is 0 Å². The second kappa shape index (κ2) is 8.78. The molecule has 3 aromatic carbocycles. The number of piperazine rings is 1. The van der Waals surface area contributed by atoms with Gasteiger partial charge in [0.2, 0.25) is 0 Å². The first kappa shape index (κ1) is 21.9. The van der Waals surface area contributed by atoms with Gasteiger partial charge in [-0.3, -0.25) is 9.59 Å². The van der Waals surface area contributed by atoms with Gasteiger partial charge in [0.1, 0.15) is 11.5 Å². The van der Waals surface area contributed by atoms with Gasteiger partial charge in [-0.05, 0) is 54.8 Å². The Morgan fingerprint density at radius 3 is 2.03 bits per heavy atom. The van der Waals surface area contributed by atoms with Gasteiger partial charge in [0, 0.05) is 31.9 Å². The minimum absolute atomic E-state index is 0.0169. The smallest absolute Gasteiger partial charge is 0.282 e. The molecule has 0 unspecified atom stereocenters. The Morgan fingerprint density at radius 1 is 0.706 bits per heavy atom. The number of para-hydroxylation sites is 2. The highest BCUT2D eigenvalue weighted by Crippen LogP contribution is 2.36. The normalized spacial score (nSPS) is 16.6. The molecule has 172 valence electrons. The molecule has 0 saturated carbocycles. The number of amides is 2. The lowest BCUT2D eigenvalue weighted by molar-refractivity contribution is -0.120. The summed E-state index contributed by atoms with van der Waals surface area (Å²) in [6.45, 7) is 6.59. The van der Waals surface area contributed by atoms with Crippen molar-refractivity contribution in [2.24, 2.45) is 0 Å². The van der Waals surface area contributed by atoms with Crippen LogP contribution in [-0.4, -0.2) is 42.9 Å². The molecule has 2 amide bonds. The minimum atomic E-state index is -0.598. The monoisotopic (exact) mass is 455 g/mol. The van der Waals surface area contributed by atoms with E-state index in [1.807, 2.05) is 55.1 Å². The van der Waals surface area contributed by atoms with E-state index in [1.54, 1.807) is 12.1 Å². The molecule has 0 atom stereocenters. The van der Waals surface area contributed by atoms with Crippen LogP contribution < -0.4 is 9.80 Å². The van der Waals surface area contributed by atoms with Crippen LogP contribution in [0.2, 0.25) is 0 Å². The Labute approximate surface area is 198 Å². The molecule has 5 rings (SSSR count). The molecule has 2 aliphatic heterocycles. The zero-order chi connectivity index (χ0) is 23.8. The van der Waals surface area contributed by atoms with E-state index in [0.29, 0.717) is 29.9 Å². The Bertz CT molecular complexity index is 1290.